The van der Waals surface area contributed by atoms with Crippen molar-refractivity contribution in [2.24, 2.45) is 5.92 Å². The van der Waals surface area contributed by atoms with Gasteiger partial charge in [-0.3, -0.25) is 0 Å². The summed E-state index contributed by atoms with van der Waals surface area (Å²) < 4.78 is 11.1. The molecule has 32 heavy (non-hydrogen) atoms. The number of anilines is 1. The Bertz CT molecular complexity index is 823. The third kappa shape index (κ3) is 5.89. The number of aromatic nitrogens is 1. The minimum Gasteiger partial charge on any atom is -0.480 e. The first-order valence-electron chi connectivity index (χ1n) is 11.7. The Morgan fingerprint density at radius 3 is 2.88 bits per heavy atom. The van der Waals surface area contributed by atoms with Crippen molar-refractivity contribution >= 4 is 17.9 Å². The predicted octanol–water partition coefficient (Wildman–Crippen LogP) is 2.10. The molecule has 2 aliphatic heterocycles. The molecule has 2 fully saturated rings. The van der Waals surface area contributed by atoms with Crippen LogP contribution in [-0.4, -0.2) is 66.1 Å². The van der Waals surface area contributed by atoms with E-state index in [9.17, 15) is 14.7 Å². The molecule has 176 valence electrons. The number of aliphatic carboxylic acids is 1. The van der Waals surface area contributed by atoms with Crippen LogP contribution in [0.3, 0.4) is 0 Å². The van der Waals surface area contributed by atoms with E-state index in [-0.39, 0.29) is 12.5 Å². The van der Waals surface area contributed by atoms with Crippen molar-refractivity contribution in [3.05, 3.63) is 23.4 Å². The van der Waals surface area contributed by atoms with Gasteiger partial charge < -0.3 is 30.5 Å². The van der Waals surface area contributed by atoms with Gasteiger partial charge in [-0.1, -0.05) is 6.07 Å². The van der Waals surface area contributed by atoms with Crippen LogP contribution in [0.4, 0.5) is 10.6 Å². The lowest BCUT2D eigenvalue weighted by molar-refractivity contribution is -0.140. The fourth-order valence-corrected chi connectivity index (χ4v) is 4.46. The van der Waals surface area contributed by atoms with E-state index in [4.69, 9.17) is 14.5 Å². The van der Waals surface area contributed by atoms with Crippen LogP contribution in [0.5, 0.6) is 0 Å². The molecule has 9 nitrogen and oxygen atoms in total. The molecule has 0 radical (unpaired) electrons. The van der Waals surface area contributed by atoms with E-state index in [0.29, 0.717) is 25.6 Å². The van der Waals surface area contributed by atoms with Crippen molar-refractivity contribution in [1.29, 1.82) is 0 Å². The van der Waals surface area contributed by atoms with Crippen LogP contribution in [0, 0.1) is 5.92 Å². The van der Waals surface area contributed by atoms with Crippen molar-refractivity contribution in [2.75, 3.05) is 31.6 Å². The summed E-state index contributed by atoms with van der Waals surface area (Å²) in [5.74, 6) is 0.583. The second-order valence-electron chi connectivity index (χ2n) is 9.48. The van der Waals surface area contributed by atoms with E-state index < -0.39 is 23.7 Å². The molecule has 4 rings (SSSR count). The minimum atomic E-state index is -1.08. The smallest absolute Gasteiger partial charge is 0.408 e. The van der Waals surface area contributed by atoms with Gasteiger partial charge in [-0.15, -0.1) is 0 Å². The number of rotatable bonds is 10. The molecule has 1 aromatic rings. The standard InChI is InChI=1S/C23H34N4O5/c1-23(13-24-14-23)32-22(30)27-19(21(28)29)8-10-31-18-11-15(12-18)4-6-17-7-5-16-3-2-9-25-20(16)26-17/h5,7,15,18-19,24H,2-4,6,8-14H2,1H3,(H,25,26)(H,27,30)(H,28,29)/t15-,18-,19?. The van der Waals surface area contributed by atoms with Crippen LogP contribution in [0.15, 0.2) is 12.1 Å². The summed E-state index contributed by atoms with van der Waals surface area (Å²) in [4.78, 5) is 28.2. The van der Waals surface area contributed by atoms with Gasteiger partial charge in [0.15, 0.2) is 0 Å². The summed E-state index contributed by atoms with van der Waals surface area (Å²) in [5, 5.41) is 18.2. The van der Waals surface area contributed by atoms with Gasteiger partial charge in [0.05, 0.1) is 6.10 Å². The molecule has 1 atom stereocenters. The highest BCUT2D eigenvalue weighted by Gasteiger charge is 2.36. The lowest BCUT2D eigenvalue weighted by Crippen LogP contribution is -2.61. The number of nitrogens with zero attached hydrogens (tertiary/aromatic N) is 1. The number of carbonyl (C=O) groups excluding carboxylic acids is 1. The zero-order valence-corrected chi connectivity index (χ0v) is 18.7. The molecule has 0 spiro atoms. The first-order valence-corrected chi connectivity index (χ1v) is 11.7. The number of pyridine rings is 1. The summed E-state index contributed by atoms with van der Waals surface area (Å²) in [6.07, 6.45) is 5.99. The van der Waals surface area contributed by atoms with E-state index in [1.54, 1.807) is 0 Å². The van der Waals surface area contributed by atoms with E-state index in [2.05, 4.69) is 28.1 Å². The second-order valence-corrected chi connectivity index (χ2v) is 9.48. The number of ether oxygens (including phenoxy) is 2. The Morgan fingerprint density at radius 2 is 2.16 bits per heavy atom. The number of carbonyl (C=O) groups is 2. The monoisotopic (exact) mass is 446 g/mol. The summed E-state index contributed by atoms with van der Waals surface area (Å²) in [6.45, 7) is 4.26. The molecule has 1 saturated heterocycles. The molecule has 1 aromatic heterocycles. The number of nitrogens with one attached hydrogen (secondary N) is 3. The third-order valence-electron chi connectivity index (χ3n) is 6.64. The van der Waals surface area contributed by atoms with Gasteiger partial charge in [0, 0.05) is 38.4 Å². The van der Waals surface area contributed by atoms with E-state index in [0.717, 1.165) is 50.2 Å². The minimum absolute atomic E-state index is 0.166. The largest absolute Gasteiger partial charge is 0.480 e. The number of alkyl carbamates (subject to hydrolysis) is 1. The van der Waals surface area contributed by atoms with Crippen LogP contribution >= 0.6 is 0 Å². The van der Waals surface area contributed by atoms with Gasteiger partial charge >= 0.3 is 12.1 Å². The van der Waals surface area contributed by atoms with Crippen LogP contribution in [0.2, 0.25) is 0 Å². The Morgan fingerprint density at radius 1 is 1.34 bits per heavy atom. The first kappa shape index (κ1) is 22.8. The molecule has 1 amide bonds. The summed E-state index contributed by atoms with van der Waals surface area (Å²) in [7, 11) is 0. The normalized spacial score (nSPS) is 24.2. The topological polar surface area (TPSA) is 122 Å². The molecular formula is C23H34N4O5. The van der Waals surface area contributed by atoms with Gasteiger partial charge in [0.1, 0.15) is 17.5 Å². The number of fused-ring (bicyclic) bond motifs is 1. The van der Waals surface area contributed by atoms with Crippen LogP contribution in [0.1, 0.15) is 50.3 Å². The van der Waals surface area contributed by atoms with Crippen molar-refractivity contribution in [1.82, 2.24) is 15.6 Å². The summed E-state index contributed by atoms with van der Waals surface area (Å²) >= 11 is 0. The molecule has 1 unspecified atom stereocenters. The molecule has 3 aliphatic rings. The highest BCUT2D eigenvalue weighted by atomic mass is 16.6. The van der Waals surface area contributed by atoms with Gasteiger partial charge in [-0.2, -0.15) is 0 Å². The van der Waals surface area contributed by atoms with E-state index in [1.807, 2.05) is 6.92 Å². The first-order chi connectivity index (χ1) is 15.4. The predicted molar refractivity (Wildman–Crippen MR) is 119 cm³/mol. The van der Waals surface area contributed by atoms with Crippen LogP contribution in [-0.2, 0) is 27.1 Å². The summed E-state index contributed by atoms with van der Waals surface area (Å²) in [6, 6.07) is 3.33. The molecule has 4 N–H and O–H groups in total. The quantitative estimate of drug-likeness (QED) is 0.431. The Hall–Kier alpha value is -2.39. The van der Waals surface area contributed by atoms with Crippen LogP contribution in [0.25, 0.3) is 0 Å². The molecule has 9 heteroatoms. The number of aryl methyl sites for hydroxylation is 2. The van der Waals surface area contributed by atoms with E-state index in [1.165, 1.54) is 12.0 Å². The lowest BCUT2D eigenvalue weighted by Gasteiger charge is -2.38. The molecule has 1 saturated carbocycles. The number of hydrogen-bond acceptors (Lipinski definition) is 7. The van der Waals surface area contributed by atoms with Gasteiger partial charge in [0.2, 0.25) is 0 Å². The van der Waals surface area contributed by atoms with Gasteiger partial charge in [-0.25, -0.2) is 14.6 Å². The average molecular weight is 447 g/mol. The van der Waals surface area contributed by atoms with Crippen molar-refractivity contribution < 1.29 is 24.2 Å². The van der Waals surface area contributed by atoms with Gasteiger partial charge in [-0.05, 0) is 63.0 Å². The molecule has 0 aromatic carbocycles. The van der Waals surface area contributed by atoms with Crippen molar-refractivity contribution in [3.63, 3.8) is 0 Å². The molecular weight excluding hydrogens is 412 g/mol. The van der Waals surface area contributed by atoms with Gasteiger partial charge in [0.25, 0.3) is 0 Å². The third-order valence-corrected chi connectivity index (χ3v) is 6.64. The SMILES string of the molecule is CC1(OC(=O)NC(CCO[C@H]2C[C@H](CCc3ccc4c(n3)NCCC4)C2)C(=O)O)CNC1. The fraction of sp³-hybridized carbons (Fsp3) is 0.696. The number of carboxylic acids is 1. The molecule has 1 aliphatic carbocycles. The zero-order valence-electron chi connectivity index (χ0n) is 18.7. The maximum atomic E-state index is 12.0. The van der Waals surface area contributed by atoms with E-state index >= 15 is 0 Å². The Balaban J connectivity index is 1.11. The van der Waals surface area contributed by atoms with Crippen LogP contribution < -0.4 is 16.0 Å². The highest BCUT2D eigenvalue weighted by Crippen LogP contribution is 2.34. The average Bonchev–Trinajstić information content (AvgIpc) is 2.72. The van der Waals surface area contributed by atoms with Crippen molar-refractivity contribution in [2.45, 2.75) is 69.6 Å². The Kier molecular flexibility index (Phi) is 7.15. The molecule has 0 bridgehead atoms. The highest BCUT2D eigenvalue weighted by molar-refractivity contribution is 5.80. The lowest BCUT2D eigenvalue weighted by atomic mass is 9.79. The summed E-state index contributed by atoms with van der Waals surface area (Å²) in [5.41, 5.74) is 1.89. The maximum absolute atomic E-state index is 12.0. The molecule has 3 heterocycles. The second kappa shape index (κ2) is 10.0. The Labute approximate surface area is 188 Å². The maximum Gasteiger partial charge on any atom is 0.408 e. The number of amides is 1. The number of carboxylic acid groups (broad SMARTS) is 1. The van der Waals surface area contributed by atoms with Crippen molar-refractivity contribution in [3.8, 4) is 0 Å². The zero-order chi connectivity index (χ0) is 22.6. The fourth-order valence-electron chi connectivity index (χ4n) is 4.46. The number of hydrogen-bond donors (Lipinski definition) is 4.